The average molecular weight is 780 g/mol. The SMILES string of the molecule is c1ccc(-c2cccc(-c3nc(-c4ccc5c(c4)c4ccccc4n5-c4ccccc4)c4ccc5c(c4n3)[Si](c3ccccc3)(c3ccccc3)c3ccccc3-5)c2)cc1. The van der Waals surface area contributed by atoms with Crippen LogP contribution in [0, 0.1) is 0 Å². The molecule has 0 atom stereocenters. The van der Waals surface area contributed by atoms with Gasteiger partial charge in [-0.2, -0.15) is 0 Å². The van der Waals surface area contributed by atoms with Crippen LogP contribution in [-0.4, -0.2) is 22.6 Å². The molecule has 0 bridgehead atoms. The molecule has 280 valence electrons. The first kappa shape index (κ1) is 34.4. The molecule has 0 N–H and O–H groups in total. The lowest BCUT2D eigenvalue weighted by Gasteiger charge is -2.32. The predicted octanol–water partition coefficient (Wildman–Crippen LogP) is 11.1. The molecule has 11 aromatic rings. The minimum absolute atomic E-state index is 0.718. The van der Waals surface area contributed by atoms with E-state index < -0.39 is 8.07 Å². The number of aromatic nitrogens is 3. The van der Waals surface area contributed by atoms with Crippen LogP contribution in [0.15, 0.2) is 224 Å². The van der Waals surface area contributed by atoms with Crippen LogP contribution >= 0.6 is 0 Å². The van der Waals surface area contributed by atoms with Gasteiger partial charge in [-0.25, -0.2) is 9.97 Å². The number of benzene rings is 9. The second-order valence-corrected chi connectivity index (χ2v) is 19.4. The highest BCUT2D eigenvalue weighted by Crippen LogP contribution is 2.39. The first-order valence-corrected chi connectivity index (χ1v) is 22.6. The molecule has 4 heteroatoms. The summed E-state index contributed by atoms with van der Waals surface area (Å²) in [4.78, 5) is 11.3. The highest BCUT2D eigenvalue weighted by atomic mass is 28.3. The molecule has 0 unspecified atom stereocenters. The van der Waals surface area contributed by atoms with Crippen LogP contribution in [0.25, 0.3) is 83.3 Å². The molecule has 0 saturated carbocycles. The molecular weight excluding hydrogens is 743 g/mol. The number of rotatable bonds is 6. The second kappa shape index (κ2) is 13.7. The van der Waals surface area contributed by atoms with E-state index in [1.807, 2.05) is 0 Å². The van der Waals surface area contributed by atoms with E-state index in [1.165, 1.54) is 48.2 Å². The molecule has 1 aliphatic rings. The van der Waals surface area contributed by atoms with E-state index in [0.29, 0.717) is 0 Å². The van der Waals surface area contributed by atoms with Crippen molar-refractivity contribution < 1.29 is 0 Å². The Balaban J connectivity index is 1.20. The van der Waals surface area contributed by atoms with Crippen molar-refractivity contribution in [2.45, 2.75) is 0 Å². The van der Waals surface area contributed by atoms with Gasteiger partial charge in [0.15, 0.2) is 13.9 Å². The van der Waals surface area contributed by atoms with E-state index in [2.05, 4.69) is 229 Å². The van der Waals surface area contributed by atoms with Crippen molar-refractivity contribution in [3.8, 4) is 50.6 Å². The van der Waals surface area contributed by atoms with Gasteiger partial charge in [-0.05, 0) is 79.4 Å². The summed E-state index contributed by atoms with van der Waals surface area (Å²) >= 11 is 0. The molecule has 0 saturated heterocycles. The Morgan fingerprint density at radius 2 is 0.983 bits per heavy atom. The van der Waals surface area contributed by atoms with Crippen LogP contribution in [0.5, 0.6) is 0 Å². The quantitative estimate of drug-likeness (QED) is 0.157. The Morgan fingerprint density at radius 1 is 0.367 bits per heavy atom. The Morgan fingerprint density at radius 3 is 1.75 bits per heavy atom. The highest BCUT2D eigenvalue weighted by molar-refractivity contribution is 7.23. The zero-order chi connectivity index (χ0) is 39.6. The minimum Gasteiger partial charge on any atom is -0.309 e. The monoisotopic (exact) mass is 779 g/mol. The van der Waals surface area contributed by atoms with E-state index in [1.54, 1.807) is 0 Å². The summed E-state index contributed by atoms with van der Waals surface area (Å²) in [5.41, 5.74) is 12.3. The van der Waals surface area contributed by atoms with Gasteiger partial charge in [0.1, 0.15) is 0 Å². The molecule has 3 nitrogen and oxygen atoms in total. The summed E-state index contributed by atoms with van der Waals surface area (Å²) in [6, 6.07) is 81.7. The second-order valence-electron chi connectivity index (χ2n) is 15.7. The maximum atomic E-state index is 5.74. The fraction of sp³-hybridized carbons (Fsp3) is 0. The zero-order valence-electron chi connectivity index (χ0n) is 32.7. The van der Waals surface area contributed by atoms with Crippen LogP contribution in [0.2, 0.25) is 0 Å². The molecule has 0 spiro atoms. The van der Waals surface area contributed by atoms with Gasteiger partial charge < -0.3 is 4.57 Å². The third-order valence-electron chi connectivity index (χ3n) is 12.5. The van der Waals surface area contributed by atoms with E-state index >= 15 is 0 Å². The molecular formula is C56H37N3Si. The van der Waals surface area contributed by atoms with Crippen molar-refractivity contribution in [1.29, 1.82) is 0 Å². The van der Waals surface area contributed by atoms with Gasteiger partial charge in [-0.1, -0.05) is 188 Å². The van der Waals surface area contributed by atoms with Crippen LogP contribution in [0.3, 0.4) is 0 Å². The smallest absolute Gasteiger partial charge is 0.183 e. The Hall–Kier alpha value is -7.66. The van der Waals surface area contributed by atoms with Crippen LogP contribution < -0.4 is 20.7 Å². The maximum absolute atomic E-state index is 5.74. The van der Waals surface area contributed by atoms with Crippen LogP contribution in [0.1, 0.15) is 0 Å². The van der Waals surface area contributed by atoms with Crippen LogP contribution in [-0.2, 0) is 0 Å². The first-order chi connectivity index (χ1) is 29.8. The van der Waals surface area contributed by atoms with Crippen molar-refractivity contribution in [1.82, 2.24) is 14.5 Å². The highest BCUT2D eigenvalue weighted by Gasteiger charge is 2.50. The molecule has 60 heavy (non-hydrogen) atoms. The van der Waals surface area contributed by atoms with Gasteiger partial charge in [0.05, 0.1) is 22.2 Å². The van der Waals surface area contributed by atoms with E-state index in [0.717, 1.165) is 55.9 Å². The van der Waals surface area contributed by atoms with E-state index in [-0.39, 0.29) is 0 Å². The Labute approximate surface area is 349 Å². The van der Waals surface area contributed by atoms with Crippen molar-refractivity contribution >= 4 is 61.5 Å². The molecule has 0 radical (unpaired) electrons. The van der Waals surface area contributed by atoms with Gasteiger partial charge in [-0.15, -0.1) is 0 Å². The molecule has 9 aromatic carbocycles. The summed E-state index contributed by atoms with van der Waals surface area (Å²) in [6.07, 6.45) is 0. The summed E-state index contributed by atoms with van der Waals surface area (Å²) < 4.78 is 2.37. The summed E-state index contributed by atoms with van der Waals surface area (Å²) in [6.45, 7) is 0. The fourth-order valence-corrected chi connectivity index (χ4v) is 15.2. The minimum atomic E-state index is -2.91. The number of para-hydroxylation sites is 2. The largest absolute Gasteiger partial charge is 0.309 e. The van der Waals surface area contributed by atoms with Gasteiger partial charge in [-0.3, -0.25) is 0 Å². The lowest BCUT2D eigenvalue weighted by Crippen LogP contribution is -2.73. The van der Waals surface area contributed by atoms with Crippen molar-refractivity contribution in [2.75, 3.05) is 0 Å². The number of hydrogen-bond donors (Lipinski definition) is 0. The molecule has 0 fully saturated rings. The van der Waals surface area contributed by atoms with E-state index in [9.17, 15) is 0 Å². The summed E-state index contributed by atoms with van der Waals surface area (Å²) in [5, 5.41) is 8.87. The molecule has 2 aromatic heterocycles. The average Bonchev–Trinajstić information content (AvgIpc) is 3.83. The van der Waals surface area contributed by atoms with Gasteiger partial charge >= 0.3 is 0 Å². The molecule has 3 heterocycles. The molecule has 0 aliphatic carbocycles. The Bertz CT molecular complexity index is 3370. The van der Waals surface area contributed by atoms with Gasteiger partial charge in [0.2, 0.25) is 0 Å². The third-order valence-corrected chi connectivity index (χ3v) is 17.4. The first-order valence-electron chi connectivity index (χ1n) is 20.6. The molecule has 1 aliphatic heterocycles. The molecule has 0 amide bonds. The zero-order valence-corrected chi connectivity index (χ0v) is 33.7. The summed E-state index contributed by atoms with van der Waals surface area (Å²) in [7, 11) is -2.91. The molecule has 12 rings (SSSR count). The third kappa shape index (κ3) is 5.14. The number of hydrogen-bond acceptors (Lipinski definition) is 2. The van der Waals surface area contributed by atoms with Crippen LogP contribution in [0.4, 0.5) is 0 Å². The standard InChI is InChI=1S/C56H37N3Si/c1-5-18-38(19-6-1)39-20-17-21-41(36-39)56-57-53(40-32-35-51-49(37-40)45-28-13-15-30-50(45)59(51)42-22-7-2-8-23-42)48-34-33-47-46-29-14-16-31-52(46)60(55(47)54(48)58-56,43-24-9-3-10-25-43)44-26-11-4-12-27-44/h1-37H. The fourth-order valence-electron chi connectivity index (χ4n) is 9.91. The summed E-state index contributed by atoms with van der Waals surface area (Å²) in [5.74, 6) is 0.718. The lowest BCUT2D eigenvalue weighted by molar-refractivity contribution is 1.18. The number of nitrogens with zero attached hydrogens (tertiary/aromatic N) is 3. The van der Waals surface area contributed by atoms with Crippen molar-refractivity contribution in [3.05, 3.63) is 224 Å². The topological polar surface area (TPSA) is 30.7 Å². The van der Waals surface area contributed by atoms with Gasteiger partial charge in [0, 0.05) is 33.0 Å². The van der Waals surface area contributed by atoms with Crippen molar-refractivity contribution in [3.63, 3.8) is 0 Å². The lowest BCUT2D eigenvalue weighted by atomic mass is 9.99. The predicted molar refractivity (Wildman–Crippen MR) is 253 cm³/mol. The van der Waals surface area contributed by atoms with E-state index in [4.69, 9.17) is 9.97 Å². The maximum Gasteiger partial charge on any atom is 0.183 e. The van der Waals surface area contributed by atoms with Crippen molar-refractivity contribution in [2.24, 2.45) is 0 Å². The normalized spacial score (nSPS) is 12.8. The Kier molecular flexibility index (Phi) is 7.87. The van der Waals surface area contributed by atoms with Gasteiger partial charge in [0.25, 0.3) is 0 Å². The number of fused-ring (bicyclic) bond motifs is 8.